The van der Waals surface area contributed by atoms with Gasteiger partial charge in [0.25, 0.3) is 0 Å². The zero-order chi connectivity index (χ0) is 24.1. The van der Waals surface area contributed by atoms with Crippen molar-refractivity contribution in [3.8, 4) is 11.5 Å². The van der Waals surface area contributed by atoms with Crippen LogP contribution in [0, 0.1) is 0 Å². The normalized spacial score (nSPS) is 11.4. The van der Waals surface area contributed by atoms with Crippen molar-refractivity contribution in [3.05, 3.63) is 52.6 Å². The molecule has 2 aromatic carbocycles. The third-order valence-electron chi connectivity index (χ3n) is 5.05. The van der Waals surface area contributed by atoms with Crippen LogP contribution in [0.3, 0.4) is 0 Å². The lowest BCUT2D eigenvalue weighted by Gasteiger charge is -2.23. The zero-order valence-electron chi connectivity index (χ0n) is 17.9. The number of rotatable bonds is 10. The Hall–Kier alpha value is -2.95. The number of aliphatic hydroxyl groups excluding tert-OH is 2. The Balaban J connectivity index is 2.57. The number of hydrogen-bond acceptors (Lipinski definition) is 8. The molecule has 0 aromatic heterocycles. The van der Waals surface area contributed by atoms with Gasteiger partial charge in [-0.05, 0) is 41.8 Å². The molecule has 32 heavy (non-hydrogen) atoms. The highest BCUT2D eigenvalue weighted by atomic mass is 32.2. The maximum Gasteiger partial charge on any atom is 0.227 e. The molecule has 2 rings (SSSR count). The highest BCUT2D eigenvalue weighted by Gasteiger charge is 2.26. The van der Waals surface area contributed by atoms with E-state index in [1.165, 1.54) is 29.2 Å². The predicted octanol–water partition coefficient (Wildman–Crippen LogP) is 0.650. The van der Waals surface area contributed by atoms with Gasteiger partial charge in [0.1, 0.15) is 11.5 Å². The fourth-order valence-corrected chi connectivity index (χ4v) is 4.09. The van der Waals surface area contributed by atoms with Crippen LogP contribution in [0.25, 0.3) is 0 Å². The van der Waals surface area contributed by atoms with Gasteiger partial charge in [0.05, 0.1) is 30.1 Å². The van der Waals surface area contributed by atoms with Crippen LogP contribution in [0.2, 0.25) is 0 Å². The fourth-order valence-electron chi connectivity index (χ4n) is 3.46. The molecule has 0 fully saturated rings. The second kappa shape index (κ2) is 10.6. The summed E-state index contributed by atoms with van der Waals surface area (Å²) < 4.78 is 23.3. The molecule has 0 aliphatic carbocycles. The molecular formula is C22H27NO8S. The van der Waals surface area contributed by atoms with E-state index in [1.807, 2.05) is 0 Å². The number of ketones is 1. The van der Waals surface area contributed by atoms with E-state index < -0.39 is 27.3 Å². The van der Waals surface area contributed by atoms with Crippen molar-refractivity contribution in [3.63, 3.8) is 0 Å². The van der Waals surface area contributed by atoms with Gasteiger partial charge in [-0.3, -0.25) is 9.59 Å². The Labute approximate surface area is 186 Å². The molecule has 0 unspecified atom stereocenters. The van der Waals surface area contributed by atoms with E-state index in [1.54, 1.807) is 6.92 Å². The molecule has 4 N–H and O–H groups in total. The van der Waals surface area contributed by atoms with Crippen LogP contribution >= 0.6 is 0 Å². The molecule has 0 aliphatic rings. The third-order valence-corrected chi connectivity index (χ3v) is 6.18. The smallest absolute Gasteiger partial charge is 0.227 e. The lowest BCUT2D eigenvalue weighted by molar-refractivity contribution is -0.131. The second-order valence-electron chi connectivity index (χ2n) is 7.23. The highest BCUT2D eigenvalue weighted by Crippen LogP contribution is 2.35. The average molecular weight is 466 g/mol. The Bertz CT molecular complexity index is 1090. The molecule has 9 nitrogen and oxygen atoms in total. The number of hydrogen-bond donors (Lipinski definition) is 4. The van der Waals surface area contributed by atoms with E-state index in [4.69, 9.17) is 0 Å². The van der Waals surface area contributed by atoms with Gasteiger partial charge in [-0.1, -0.05) is 6.92 Å². The summed E-state index contributed by atoms with van der Waals surface area (Å²) in [6.07, 6.45) is 0.951. The summed E-state index contributed by atoms with van der Waals surface area (Å²) in [5.74, 6) is -1.94. The predicted molar refractivity (Wildman–Crippen MR) is 117 cm³/mol. The highest BCUT2D eigenvalue weighted by molar-refractivity contribution is 7.90. The molecule has 0 heterocycles. The van der Waals surface area contributed by atoms with Crippen LogP contribution in [0.1, 0.15) is 34.0 Å². The first-order valence-corrected chi connectivity index (χ1v) is 11.8. The number of aromatic hydroxyl groups is 2. The quantitative estimate of drug-likeness (QED) is 0.373. The van der Waals surface area contributed by atoms with E-state index in [-0.39, 0.29) is 66.5 Å². The van der Waals surface area contributed by atoms with Gasteiger partial charge in [0.2, 0.25) is 5.91 Å². The summed E-state index contributed by atoms with van der Waals surface area (Å²) in [5, 5.41) is 39.1. The summed E-state index contributed by atoms with van der Waals surface area (Å²) in [7, 11) is -3.46. The van der Waals surface area contributed by atoms with Crippen molar-refractivity contribution in [2.24, 2.45) is 0 Å². The molecule has 0 bridgehead atoms. The van der Waals surface area contributed by atoms with Gasteiger partial charge in [0, 0.05) is 31.0 Å². The number of aliphatic hydroxyl groups is 2. The standard InChI is InChI=1S/C22H27NO8S/c1-3-16-17(12-20(28)23(8-10-24)9-11-25)21(19(27)13-18(16)26)22(29)14-4-6-15(7-5-14)32(2,30)31/h4-7,13,24-27H,3,8-12H2,1-2H3. The maximum absolute atomic E-state index is 13.2. The number of carbonyl (C=O) groups is 2. The summed E-state index contributed by atoms with van der Waals surface area (Å²) >= 11 is 0. The van der Waals surface area contributed by atoms with Gasteiger partial charge in [-0.15, -0.1) is 0 Å². The van der Waals surface area contributed by atoms with Crippen LogP contribution in [0.15, 0.2) is 35.2 Å². The van der Waals surface area contributed by atoms with Gasteiger partial charge in [0.15, 0.2) is 15.6 Å². The summed E-state index contributed by atoms with van der Waals surface area (Å²) in [6.45, 7) is 1.02. The van der Waals surface area contributed by atoms with Crippen LogP contribution in [-0.4, -0.2) is 78.0 Å². The van der Waals surface area contributed by atoms with Crippen molar-refractivity contribution in [2.75, 3.05) is 32.6 Å². The Morgan fingerprint density at radius 2 is 1.50 bits per heavy atom. The van der Waals surface area contributed by atoms with E-state index in [0.29, 0.717) is 5.56 Å². The number of amides is 1. The van der Waals surface area contributed by atoms with Crippen molar-refractivity contribution < 1.29 is 38.4 Å². The summed E-state index contributed by atoms with van der Waals surface area (Å²) in [6, 6.07) is 6.20. The van der Waals surface area contributed by atoms with Gasteiger partial charge >= 0.3 is 0 Å². The molecule has 2 aromatic rings. The number of nitrogens with zero attached hydrogens (tertiary/aromatic N) is 1. The molecule has 0 saturated carbocycles. The molecular weight excluding hydrogens is 438 g/mol. The molecule has 10 heteroatoms. The first-order valence-electron chi connectivity index (χ1n) is 9.96. The first-order chi connectivity index (χ1) is 15.0. The van der Waals surface area contributed by atoms with Crippen LogP contribution < -0.4 is 0 Å². The minimum absolute atomic E-state index is 0.0253. The number of phenols is 2. The Kier molecular flexibility index (Phi) is 8.37. The van der Waals surface area contributed by atoms with E-state index in [2.05, 4.69) is 0 Å². The van der Waals surface area contributed by atoms with Gasteiger partial charge < -0.3 is 25.3 Å². The first kappa shape index (κ1) is 25.3. The van der Waals surface area contributed by atoms with Crippen molar-refractivity contribution in [1.29, 1.82) is 0 Å². The number of sulfone groups is 1. The molecule has 174 valence electrons. The fraction of sp³-hybridized carbons (Fsp3) is 0.364. The van der Waals surface area contributed by atoms with E-state index in [0.717, 1.165) is 12.3 Å². The maximum atomic E-state index is 13.2. The van der Waals surface area contributed by atoms with Crippen LogP contribution in [0.4, 0.5) is 0 Å². The minimum Gasteiger partial charge on any atom is -0.508 e. The molecule has 0 saturated heterocycles. The Morgan fingerprint density at radius 3 is 1.97 bits per heavy atom. The van der Waals surface area contributed by atoms with Crippen molar-refractivity contribution in [2.45, 2.75) is 24.7 Å². The lowest BCUT2D eigenvalue weighted by atomic mass is 9.89. The molecule has 0 atom stereocenters. The summed E-state index contributed by atoms with van der Waals surface area (Å²) in [4.78, 5) is 27.3. The topological polar surface area (TPSA) is 152 Å². The van der Waals surface area contributed by atoms with Crippen LogP contribution in [-0.2, 0) is 27.5 Å². The van der Waals surface area contributed by atoms with Gasteiger partial charge in [-0.25, -0.2) is 8.42 Å². The largest absolute Gasteiger partial charge is 0.508 e. The Morgan fingerprint density at radius 1 is 0.938 bits per heavy atom. The summed E-state index contributed by atoms with van der Waals surface area (Å²) in [5.41, 5.74) is 0.359. The van der Waals surface area contributed by atoms with Crippen molar-refractivity contribution in [1.82, 2.24) is 4.90 Å². The van der Waals surface area contributed by atoms with Crippen LogP contribution in [0.5, 0.6) is 11.5 Å². The molecule has 0 aliphatic heterocycles. The minimum atomic E-state index is -3.46. The van der Waals surface area contributed by atoms with Gasteiger partial charge in [-0.2, -0.15) is 0 Å². The zero-order valence-corrected chi connectivity index (χ0v) is 18.7. The molecule has 0 spiro atoms. The third kappa shape index (κ3) is 5.64. The lowest BCUT2D eigenvalue weighted by Crippen LogP contribution is -2.37. The van der Waals surface area contributed by atoms with E-state index >= 15 is 0 Å². The molecule has 0 radical (unpaired) electrons. The molecule has 1 amide bonds. The van der Waals surface area contributed by atoms with Crippen molar-refractivity contribution >= 4 is 21.5 Å². The number of carbonyl (C=O) groups excluding carboxylic acids is 2. The SMILES string of the molecule is CCc1c(O)cc(O)c(C(=O)c2ccc(S(C)(=O)=O)cc2)c1CC(=O)N(CCO)CCO. The second-order valence-corrected chi connectivity index (χ2v) is 9.25. The number of benzene rings is 2. The number of phenolic OH excluding ortho intramolecular Hbond substituents is 2. The monoisotopic (exact) mass is 465 g/mol. The van der Waals surface area contributed by atoms with E-state index in [9.17, 15) is 38.4 Å². The average Bonchev–Trinajstić information content (AvgIpc) is 2.72.